The lowest BCUT2D eigenvalue weighted by atomic mass is 9.97. The van der Waals surface area contributed by atoms with Gasteiger partial charge in [0.15, 0.2) is 0 Å². The lowest BCUT2D eigenvalue weighted by molar-refractivity contribution is 0.0176. The molecule has 2 aliphatic rings. The molecule has 0 spiro atoms. The fraction of sp³-hybridized carbons (Fsp3) is 0.647. The van der Waals surface area contributed by atoms with Gasteiger partial charge in [0.25, 0.3) is 0 Å². The van der Waals surface area contributed by atoms with Crippen LogP contribution in [0.5, 0.6) is 0 Å². The molecule has 0 bridgehead atoms. The van der Waals surface area contributed by atoms with Gasteiger partial charge in [0.2, 0.25) is 0 Å². The summed E-state index contributed by atoms with van der Waals surface area (Å²) < 4.78 is 0. The number of anilines is 1. The topological polar surface area (TPSA) is 18.5 Å². The first-order valence-corrected chi connectivity index (χ1v) is 8.58. The first kappa shape index (κ1) is 15.1. The van der Waals surface area contributed by atoms with Crippen LogP contribution in [0.25, 0.3) is 0 Å². The Bertz CT molecular complexity index is 465. The van der Waals surface area contributed by atoms with E-state index in [0.717, 1.165) is 29.8 Å². The minimum absolute atomic E-state index is 0.667. The molecule has 0 aliphatic carbocycles. The van der Waals surface area contributed by atoms with Crippen molar-refractivity contribution in [2.75, 3.05) is 38.0 Å². The van der Waals surface area contributed by atoms with E-state index in [1.165, 1.54) is 38.9 Å². The van der Waals surface area contributed by atoms with Gasteiger partial charge in [-0.2, -0.15) is 0 Å². The number of piperidine rings is 1. The van der Waals surface area contributed by atoms with Crippen LogP contribution in [0.2, 0.25) is 5.02 Å². The SMILES string of the molecule is CC1CN2CCCCC2CN1CCNc1cccc(Cl)c1. The third kappa shape index (κ3) is 3.91. The first-order valence-electron chi connectivity index (χ1n) is 8.20. The first-order chi connectivity index (χ1) is 10.2. The lowest BCUT2D eigenvalue weighted by Gasteiger charge is -2.47. The van der Waals surface area contributed by atoms with E-state index in [9.17, 15) is 0 Å². The second-order valence-electron chi connectivity index (χ2n) is 6.43. The van der Waals surface area contributed by atoms with Crippen molar-refractivity contribution in [2.45, 2.75) is 38.3 Å². The number of piperazine rings is 1. The molecule has 3 nitrogen and oxygen atoms in total. The molecular weight excluding hydrogens is 282 g/mol. The summed E-state index contributed by atoms with van der Waals surface area (Å²) in [5, 5.41) is 4.28. The number of hydrogen-bond acceptors (Lipinski definition) is 3. The van der Waals surface area contributed by atoms with Crippen molar-refractivity contribution >= 4 is 17.3 Å². The summed E-state index contributed by atoms with van der Waals surface area (Å²) in [5.74, 6) is 0. The Morgan fingerprint density at radius 1 is 1.29 bits per heavy atom. The molecule has 2 fully saturated rings. The van der Waals surface area contributed by atoms with Crippen LogP contribution in [0.4, 0.5) is 5.69 Å². The van der Waals surface area contributed by atoms with Crippen molar-refractivity contribution in [3.8, 4) is 0 Å². The molecule has 2 unspecified atom stereocenters. The molecule has 116 valence electrons. The highest BCUT2D eigenvalue weighted by atomic mass is 35.5. The summed E-state index contributed by atoms with van der Waals surface area (Å²) in [5.41, 5.74) is 1.12. The van der Waals surface area contributed by atoms with Crippen LogP contribution in [0, 0.1) is 0 Å². The van der Waals surface area contributed by atoms with Gasteiger partial charge in [-0.15, -0.1) is 0 Å². The highest BCUT2D eigenvalue weighted by Crippen LogP contribution is 2.23. The van der Waals surface area contributed by atoms with Crippen molar-refractivity contribution < 1.29 is 0 Å². The minimum Gasteiger partial charge on any atom is -0.384 e. The molecule has 1 aromatic rings. The van der Waals surface area contributed by atoms with E-state index in [-0.39, 0.29) is 0 Å². The quantitative estimate of drug-likeness (QED) is 0.920. The molecule has 0 saturated carbocycles. The van der Waals surface area contributed by atoms with E-state index < -0.39 is 0 Å². The van der Waals surface area contributed by atoms with Crippen molar-refractivity contribution in [2.24, 2.45) is 0 Å². The van der Waals surface area contributed by atoms with E-state index in [1.807, 2.05) is 18.2 Å². The molecule has 1 aromatic carbocycles. The molecular formula is C17H26ClN3. The van der Waals surface area contributed by atoms with Crippen molar-refractivity contribution in [3.63, 3.8) is 0 Å². The molecule has 21 heavy (non-hydrogen) atoms. The predicted octanol–water partition coefficient (Wildman–Crippen LogP) is 3.31. The van der Waals surface area contributed by atoms with E-state index in [1.54, 1.807) is 0 Å². The van der Waals surface area contributed by atoms with Crippen LogP contribution in [-0.2, 0) is 0 Å². The molecule has 0 radical (unpaired) electrons. The molecule has 2 saturated heterocycles. The molecule has 1 N–H and O–H groups in total. The zero-order chi connectivity index (χ0) is 14.7. The van der Waals surface area contributed by atoms with Crippen LogP contribution in [0.15, 0.2) is 24.3 Å². The maximum absolute atomic E-state index is 6.02. The zero-order valence-electron chi connectivity index (χ0n) is 12.9. The van der Waals surface area contributed by atoms with Gasteiger partial charge in [-0.05, 0) is 44.5 Å². The number of rotatable bonds is 4. The Morgan fingerprint density at radius 2 is 2.19 bits per heavy atom. The maximum Gasteiger partial charge on any atom is 0.0426 e. The van der Waals surface area contributed by atoms with Crippen molar-refractivity contribution in [3.05, 3.63) is 29.3 Å². The van der Waals surface area contributed by atoms with Crippen molar-refractivity contribution in [1.29, 1.82) is 0 Å². The monoisotopic (exact) mass is 307 g/mol. The lowest BCUT2D eigenvalue weighted by Crippen LogP contribution is -2.59. The highest BCUT2D eigenvalue weighted by Gasteiger charge is 2.32. The maximum atomic E-state index is 6.02. The summed E-state index contributed by atoms with van der Waals surface area (Å²) in [7, 11) is 0. The number of nitrogens with one attached hydrogen (secondary N) is 1. The second-order valence-corrected chi connectivity index (χ2v) is 6.86. The van der Waals surface area contributed by atoms with Crippen LogP contribution in [0.3, 0.4) is 0 Å². The summed E-state index contributed by atoms with van der Waals surface area (Å²) in [4.78, 5) is 5.35. The number of nitrogens with zero attached hydrogens (tertiary/aromatic N) is 2. The third-order valence-corrected chi connectivity index (χ3v) is 5.10. The fourth-order valence-corrected chi connectivity index (χ4v) is 3.86. The minimum atomic E-state index is 0.667. The predicted molar refractivity (Wildman–Crippen MR) is 90.2 cm³/mol. The van der Waals surface area contributed by atoms with Crippen molar-refractivity contribution in [1.82, 2.24) is 9.80 Å². The summed E-state index contributed by atoms with van der Waals surface area (Å²) in [6, 6.07) is 9.44. The highest BCUT2D eigenvalue weighted by molar-refractivity contribution is 6.30. The van der Waals surface area contributed by atoms with Gasteiger partial charge in [0.05, 0.1) is 0 Å². The summed E-state index contributed by atoms with van der Waals surface area (Å²) >= 11 is 6.02. The van der Waals surface area contributed by atoms with Crippen LogP contribution >= 0.6 is 11.6 Å². The molecule has 2 heterocycles. The van der Waals surface area contributed by atoms with Gasteiger partial charge in [-0.25, -0.2) is 0 Å². The van der Waals surface area contributed by atoms with E-state index >= 15 is 0 Å². The number of hydrogen-bond donors (Lipinski definition) is 1. The van der Waals surface area contributed by atoms with Gasteiger partial charge in [-0.3, -0.25) is 9.80 Å². The number of fused-ring (bicyclic) bond motifs is 1. The van der Waals surface area contributed by atoms with Gasteiger partial charge < -0.3 is 5.32 Å². The van der Waals surface area contributed by atoms with Gasteiger partial charge in [-0.1, -0.05) is 24.1 Å². The third-order valence-electron chi connectivity index (χ3n) is 4.87. The van der Waals surface area contributed by atoms with E-state index in [2.05, 4.69) is 28.1 Å². The largest absolute Gasteiger partial charge is 0.384 e. The Kier molecular flexibility index (Phi) is 5.04. The van der Waals surface area contributed by atoms with E-state index in [0.29, 0.717) is 6.04 Å². The summed E-state index contributed by atoms with van der Waals surface area (Å²) in [6.45, 7) is 8.24. The molecule has 4 heteroatoms. The Balaban J connectivity index is 1.48. The van der Waals surface area contributed by atoms with Gasteiger partial charge >= 0.3 is 0 Å². The fourth-order valence-electron chi connectivity index (χ4n) is 3.67. The van der Waals surface area contributed by atoms with Gasteiger partial charge in [0, 0.05) is 49.0 Å². The Hall–Kier alpha value is -0.770. The van der Waals surface area contributed by atoms with Gasteiger partial charge in [0.1, 0.15) is 0 Å². The average molecular weight is 308 g/mol. The zero-order valence-corrected chi connectivity index (χ0v) is 13.6. The average Bonchev–Trinajstić information content (AvgIpc) is 2.48. The second kappa shape index (κ2) is 6.99. The van der Waals surface area contributed by atoms with Crippen LogP contribution in [0.1, 0.15) is 26.2 Å². The molecule has 0 amide bonds. The Morgan fingerprint density at radius 3 is 3.05 bits per heavy atom. The normalized spacial score (nSPS) is 27.3. The molecule has 2 atom stereocenters. The molecule has 2 aliphatic heterocycles. The van der Waals surface area contributed by atoms with E-state index in [4.69, 9.17) is 11.6 Å². The smallest absolute Gasteiger partial charge is 0.0426 e. The standard InChI is InChI=1S/C17H26ClN3/c1-14-12-21-9-3-2-7-17(21)13-20(14)10-8-19-16-6-4-5-15(18)11-16/h4-6,11,14,17,19H,2-3,7-10,12-13H2,1H3. The molecule has 0 aromatic heterocycles. The molecule has 3 rings (SSSR count). The number of benzene rings is 1. The number of halogens is 1. The summed E-state index contributed by atoms with van der Waals surface area (Å²) in [6.07, 6.45) is 4.18. The Labute approximate surface area is 133 Å². The van der Waals surface area contributed by atoms with Crippen LogP contribution < -0.4 is 5.32 Å². The van der Waals surface area contributed by atoms with Crippen LogP contribution in [-0.4, -0.2) is 54.6 Å².